The van der Waals surface area contributed by atoms with Crippen LogP contribution in [0.1, 0.15) is 39.9 Å². The van der Waals surface area contributed by atoms with Crippen molar-refractivity contribution >= 4 is 11.8 Å². The third-order valence-corrected chi connectivity index (χ3v) is 5.78. The number of phenolic OH excluding ortho intramolecular Hbond substituents is 1. The normalized spacial score (nSPS) is 18.9. The summed E-state index contributed by atoms with van der Waals surface area (Å²) < 4.78 is 13.6. The Balaban J connectivity index is 1.54. The van der Waals surface area contributed by atoms with Crippen LogP contribution in [0.2, 0.25) is 0 Å². The number of amides is 2. The minimum Gasteiger partial charge on any atom is -0.507 e. The molecule has 6 heteroatoms. The Hall–Kier alpha value is -2.89. The summed E-state index contributed by atoms with van der Waals surface area (Å²) in [6.45, 7) is 3.32. The summed E-state index contributed by atoms with van der Waals surface area (Å²) in [5, 5.41) is 10.0. The lowest BCUT2D eigenvalue weighted by molar-refractivity contribution is -0.136. The van der Waals surface area contributed by atoms with E-state index in [-0.39, 0.29) is 28.9 Å². The number of aromatic hydroxyl groups is 1. The number of nitrogens with zero attached hydrogens (tertiary/aromatic N) is 2. The first-order chi connectivity index (χ1) is 13.5. The van der Waals surface area contributed by atoms with Crippen LogP contribution in [0.15, 0.2) is 36.4 Å². The molecule has 2 amide bonds. The van der Waals surface area contributed by atoms with Crippen LogP contribution in [-0.2, 0) is 17.8 Å². The van der Waals surface area contributed by atoms with Crippen molar-refractivity contribution in [2.24, 2.45) is 0 Å². The highest BCUT2D eigenvalue weighted by Crippen LogP contribution is 2.28. The third kappa shape index (κ3) is 3.23. The number of carbonyl (C=O) groups excluding carboxylic acids is 2. The molecule has 1 atom stereocenters. The molecule has 0 bridgehead atoms. The Morgan fingerprint density at radius 1 is 1.18 bits per heavy atom. The monoisotopic (exact) mass is 382 g/mol. The van der Waals surface area contributed by atoms with Gasteiger partial charge < -0.3 is 14.9 Å². The Morgan fingerprint density at radius 3 is 2.75 bits per heavy atom. The highest BCUT2D eigenvalue weighted by Gasteiger charge is 2.38. The topological polar surface area (TPSA) is 60.9 Å². The highest BCUT2D eigenvalue weighted by molar-refractivity contribution is 6.00. The predicted octanol–water partition coefficient (Wildman–Crippen LogP) is 3.03. The molecule has 2 aliphatic heterocycles. The number of likely N-dealkylation sites (tertiary alicyclic amines) is 1. The second-order valence-electron chi connectivity index (χ2n) is 7.54. The number of para-hydroxylation sites is 1. The minimum atomic E-state index is -0.519. The smallest absolute Gasteiger partial charge is 0.258 e. The molecule has 0 aliphatic carbocycles. The van der Waals surface area contributed by atoms with Crippen molar-refractivity contribution < 1.29 is 19.1 Å². The van der Waals surface area contributed by atoms with Crippen molar-refractivity contribution in [3.8, 4) is 5.75 Å². The molecule has 2 aromatic carbocycles. The average molecular weight is 382 g/mol. The summed E-state index contributed by atoms with van der Waals surface area (Å²) in [7, 11) is 0. The molecule has 0 aromatic heterocycles. The van der Waals surface area contributed by atoms with Crippen LogP contribution < -0.4 is 0 Å². The number of hydrogen-bond donors (Lipinski definition) is 1. The summed E-state index contributed by atoms with van der Waals surface area (Å²) >= 11 is 0. The quantitative estimate of drug-likeness (QED) is 0.869. The Labute approximate surface area is 163 Å². The molecule has 2 aromatic rings. The Bertz CT molecular complexity index is 943. The molecular weight excluding hydrogens is 359 g/mol. The van der Waals surface area contributed by atoms with E-state index in [4.69, 9.17) is 0 Å². The first-order valence-corrected chi connectivity index (χ1v) is 9.61. The fraction of sp³-hybridized carbons (Fsp3) is 0.364. The summed E-state index contributed by atoms with van der Waals surface area (Å²) in [5.74, 6) is -0.707. The van der Waals surface area contributed by atoms with Crippen LogP contribution in [0.25, 0.3) is 0 Å². The SMILES string of the molecule is Cc1cc(F)cc2c1CN(C(=O)C1CCCN1C(=O)c1ccccc1O)CC2. The molecule has 0 saturated carbocycles. The minimum absolute atomic E-state index is 0.0735. The molecule has 2 heterocycles. The first kappa shape index (κ1) is 18.5. The van der Waals surface area contributed by atoms with Gasteiger partial charge in [-0.2, -0.15) is 0 Å². The van der Waals surface area contributed by atoms with Crippen LogP contribution in [-0.4, -0.2) is 45.9 Å². The molecule has 1 saturated heterocycles. The van der Waals surface area contributed by atoms with E-state index in [1.54, 1.807) is 34.1 Å². The standard InChI is InChI=1S/C22H23FN2O3/c1-14-11-16(23)12-15-8-10-24(13-18(14)15)22(28)19-6-4-9-25(19)21(27)17-5-2-3-7-20(17)26/h2-3,5,7,11-12,19,26H,4,6,8-10,13H2,1H3. The van der Waals surface area contributed by atoms with Crippen molar-refractivity contribution in [2.45, 2.75) is 38.8 Å². The molecule has 0 radical (unpaired) electrons. The van der Waals surface area contributed by atoms with Crippen LogP contribution in [0.3, 0.4) is 0 Å². The molecule has 1 fully saturated rings. The van der Waals surface area contributed by atoms with Gasteiger partial charge in [-0.3, -0.25) is 9.59 Å². The molecule has 146 valence electrons. The van der Waals surface area contributed by atoms with E-state index in [1.807, 2.05) is 6.92 Å². The summed E-state index contributed by atoms with van der Waals surface area (Å²) in [4.78, 5) is 29.5. The number of phenols is 1. The molecule has 1 unspecified atom stereocenters. The Kier molecular flexibility index (Phi) is 4.79. The number of rotatable bonds is 2. The summed E-state index contributed by atoms with van der Waals surface area (Å²) in [6, 6.07) is 8.94. The molecule has 28 heavy (non-hydrogen) atoms. The third-order valence-electron chi connectivity index (χ3n) is 5.78. The zero-order valence-electron chi connectivity index (χ0n) is 15.8. The largest absolute Gasteiger partial charge is 0.507 e. The lowest BCUT2D eigenvalue weighted by atomic mass is 9.94. The number of aryl methyl sites for hydroxylation is 1. The zero-order valence-corrected chi connectivity index (χ0v) is 15.8. The molecule has 4 rings (SSSR count). The molecule has 2 aliphatic rings. The van der Waals surface area contributed by atoms with E-state index >= 15 is 0 Å². The van der Waals surface area contributed by atoms with Gasteiger partial charge in [0.15, 0.2) is 0 Å². The van der Waals surface area contributed by atoms with Gasteiger partial charge >= 0.3 is 0 Å². The van der Waals surface area contributed by atoms with Crippen LogP contribution in [0.5, 0.6) is 5.75 Å². The van der Waals surface area contributed by atoms with Crippen molar-refractivity contribution in [3.63, 3.8) is 0 Å². The molecule has 1 N–H and O–H groups in total. The summed E-state index contributed by atoms with van der Waals surface area (Å²) in [5.41, 5.74) is 3.02. The maximum atomic E-state index is 13.6. The van der Waals surface area contributed by atoms with Crippen LogP contribution >= 0.6 is 0 Å². The fourth-order valence-electron chi connectivity index (χ4n) is 4.29. The second-order valence-corrected chi connectivity index (χ2v) is 7.54. The van der Waals surface area contributed by atoms with E-state index in [9.17, 15) is 19.1 Å². The number of benzene rings is 2. The van der Waals surface area contributed by atoms with Crippen LogP contribution in [0.4, 0.5) is 4.39 Å². The lowest BCUT2D eigenvalue weighted by Crippen LogP contribution is -2.49. The van der Waals surface area contributed by atoms with Gasteiger partial charge in [-0.05, 0) is 67.1 Å². The van der Waals surface area contributed by atoms with Gasteiger partial charge in [-0.25, -0.2) is 4.39 Å². The van der Waals surface area contributed by atoms with E-state index in [2.05, 4.69) is 0 Å². The number of hydrogen-bond acceptors (Lipinski definition) is 3. The molecular formula is C22H23FN2O3. The lowest BCUT2D eigenvalue weighted by Gasteiger charge is -2.34. The first-order valence-electron chi connectivity index (χ1n) is 9.61. The fourth-order valence-corrected chi connectivity index (χ4v) is 4.29. The molecule has 5 nitrogen and oxygen atoms in total. The zero-order chi connectivity index (χ0) is 19.8. The van der Waals surface area contributed by atoms with Crippen molar-refractivity contribution in [1.29, 1.82) is 0 Å². The summed E-state index contributed by atoms with van der Waals surface area (Å²) in [6.07, 6.45) is 1.98. The van der Waals surface area contributed by atoms with E-state index in [0.29, 0.717) is 32.5 Å². The maximum absolute atomic E-state index is 13.6. The van der Waals surface area contributed by atoms with Gasteiger partial charge in [0.1, 0.15) is 17.6 Å². The van der Waals surface area contributed by atoms with Gasteiger partial charge in [-0.15, -0.1) is 0 Å². The number of halogens is 1. The van der Waals surface area contributed by atoms with Crippen LogP contribution in [0, 0.1) is 12.7 Å². The van der Waals surface area contributed by atoms with E-state index < -0.39 is 6.04 Å². The van der Waals surface area contributed by atoms with Crippen molar-refractivity contribution in [2.75, 3.05) is 13.1 Å². The average Bonchev–Trinajstić information content (AvgIpc) is 3.17. The van der Waals surface area contributed by atoms with Gasteiger partial charge in [0.05, 0.1) is 5.56 Å². The molecule has 0 spiro atoms. The van der Waals surface area contributed by atoms with E-state index in [1.165, 1.54) is 12.1 Å². The van der Waals surface area contributed by atoms with Gasteiger partial charge in [-0.1, -0.05) is 12.1 Å². The van der Waals surface area contributed by atoms with Gasteiger partial charge in [0.2, 0.25) is 5.91 Å². The highest BCUT2D eigenvalue weighted by atomic mass is 19.1. The predicted molar refractivity (Wildman–Crippen MR) is 102 cm³/mol. The second kappa shape index (κ2) is 7.26. The number of fused-ring (bicyclic) bond motifs is 1. The maximum Gasteiger partial charge on any atom is 0.258 e. The van der Waals surface area contributed by atoms with Gasteiger partial charge in [0.25, 0.3) is 5.91 Å². The van der Waals surface area contributed by atoms with Gasteiger partial charge in [0, 0.05) is 19.6 Å². The van der Waals surface area contributed by atoms with Crippen molar-refractivity contribution in [1.82, 2.24) is 9.80 Å². The van der Waals surface area contributed by atoms with E-state index in [0.717, 1.165) is 23.1 Å². The number of carbonyl (C=O) groups is 2. The Morgan fingerprint density at radius 2 is 1.96 bits per heavy atom. The van der Waals surface area contributed by atoms with Crippen molar-refractivity contribution in [3.05, 3.63) is 64.5 Å².